The van der Waals surface area contributed by atoms with Crippen molar-refractivity contribution in [2.75, 3.05) is 46.6 Å². The number of likely N-dealkylation sites (tertiary alicyclic amines) is 1. The maximum atomic E-state index is 5.69. The van der Waals surface area contributed by atoms with Crippen molar-refractivity contribution < 1.29 is 9.47 Å². The number of nitrogens with zero attached hydrogens (tertiary/aromatic N) is 4. The molecule has 7 nitrogen and oxygen atoms in total. The first-order chi connectivity index (χ1) is 12.6. The van der Waals surface area contributed by atoms with E-state index in [1.807, 2.05) is 12.4 Å². The highest BCUT2D eigenvalue weighted by Crippen LogP contribution is 2.17. The van der Waals surface area contributed by atoms with Crippen molar-refractivity contribution in [3.8, 4) is 0 Å². The number of halogens is 1. The molecular weight excluding hydrogens is 457 g/mol. The van der Waals surface area contributed by atoms with Crippen LogP contribution >= 0.6 is 24.0 Å². The Morgan fingerprint density at radius 3 is 2.93 bits per heavy atom. The Hall–Kier alpha value is -0.870. The molecule has 0 bridgehead atoms. The van der Waals surface area contributed by atoms with Gasteiger partial charge in [-0.2, -0.15) is 0 Å². The number of methoxy groups -OCH3 is 1. The van der Waals surface area contributed by atoms with Crippen molar-refractivity contribution in [3.63, 3.8) is 0 Å². The van der Waals surface area contributed by atoms with Crippen molar-refractivity contribution in [2.24, 2.45) is 16.8 Å². The molecule has 1 N–H and O–H groups in total. The fourth-order valence-corrected chi connectivity index (χ4v) is 3.18. The third-order valence-corrected chi connectivity index (χ3v) is 4.44. The molecule has 0 saturated carbocycles. The molecule has 1 unspecified atom stereocenters. The molecule has 2 rings (SSSR count). The van der Waals surface area contributed by atoms with Gasteiger partial charge in [-0.1, -0.05) is 13.8 Å². The van der Waals surface area contributed by atoms with Crippen LogP contribution in [0.4, 0.5) is 0 Å². The van der Waals surface area contributed by atoms with E-state index in [0.717, 1.165) is 51.0 Å². The Kier molecular flexibility index (Phi) is 11.9. The molecule has 8 heteroatoms. The molecule has 1 atom stereocenters. The Balaban J connectivity index is 0.00000364. The molecule has 27 heavy (non-hydrogen) atoms. The van der Waals surface area contributed by atoms with E-state index >= 15 is 0 Å². The molecule has 0 amide bonds. The van der Waals surface area contributed by atoms with Crippen molar-refractivity contribution in [1.29, 1.82) is 0 Å². The fourth-order valence-electron chi connectivity index (χ4n) is 3.18. The third-order valence-electron chi connectivity index (χ3n) is 4.44. The number of guanidine groups is 1. The summed E-state index contributed by atoms with van der Waals surface area (Å²) in [6.07, 6.45) is 5.05. The summed E-state index contributed by atoms with van der Waals surface area (Å²) in [6, 6.07) is 0. The van der Waals surface area contributed by atoms with E-state index in [1.54, 1.807) is 7.11 Å². The maximum absolute atomic E-state index is 5.69. The highest BCUT2D eigenvalue weighted by Gasteiger charge is 2.25. The first-order valence-corrected chi connectivity index (χ1v) is 9.74. The van der Waals surface area contributed by atoms with Gasteiger partial charge in [0, 0.05) is 51.6 Å². The number of imidazole rings is 1. The fraction of sp³-hybridized carbons (Fsp3) is 0.789. The minimum atomic E-state index is 0. The average molecular weight is 493 g/mol. The summed E-state index contributed by atoms with van der Waals surface area (Å²) in [6.45, 7) is 13.1. The number of aromatic nitrogens is 2. The zero-order valence-corrected chi connectivity index (χ0v) is 19.5. The standard InChI is InChI=1S/C19H35N5O2.HI/c1-5-20-19(22-12-18-21-7-9-23(18)13-16(2)3)24-8-6-17(14-24)15-26-11-10-25-4;/h7,9,16-17H,5-6,8,10-15H2,1-4H3,(H,20,22);1H. The molecule has 1 aromatic heterocycles. The third kappa shape index (κ3) is 8.35. The van der Waals surface area contributed by atoms with E-state index in [0.29, 0.717) is 31.6 Å². The Labute approximate surface area is 180 Å². The van der Waals surface area contributed by atoms with E-state index in [-0.39, 0.29) is 24.0 Å². The molecule has 1 saturated heterocycles. The number of aliphatic imine (C=N–C) groups is 1. The lowest BCUT2D eigenvalue weighted by Gasteiger charge is -2.21. The Morgan fingerprint density at radius 1 is 1.41 bits per heavy atom. The molecule has 156 valence electrons. The summed E-state index contributed by atoms with van der Waals surface area (Å²) in [4.78, 5) is 11.7. The smallest absolute Gasteiger partial charge is 0.194 e. The Bertz CT molecular complexity index is 550. The van der Waals surface area contributed by atoms with Crippen LogP contribution in [0.15, 0.2) is 17.4 Å². The summed E-state index contributed by atoms with van der Waals surface area (Å²) >= 11 is 0. The van der Waals surface area contributed by atoms with Crippen LogP contribution in [0.25, 0.3) is 0 Å². The number of hydrogen-bond donors (Lipinski definition) is 1. The zero-order valence-electron chi connectivity index (χ0n) is 17.2. The summed E-state index contributed by atoms with van der Waals surface area (Å²) in [5, 5.41) is 3.42. The van der Waals surface area contributed by atoms with Crippen molar-refractivity contribution >= 4 is 29.9 Å². The molecule has 1 aromatic rings. The lowest BCUT2D eigenvalue weighted by atomic mass is 10.1. The van der Waals surface area contributed by atoms with Gasteiger partial charge in [-0.3, -0.25) is 0 Å². The number of rotatable bonds is 10. The predicted molar refractivity (Wildman–Crippen MR) is 120 cm³/mol. The van der Waals surface area contributed by atoms with E-state index in [1.165, 1.54) is 0 Å². The van der Waals surface area contributed by atoms with Crippen LogP contribution in [-0.2, 0) is 22.6 Å². The first-order valence-electron chi connectivity index (χ1n) is 9.74. The van der Waals surface area contributed by atoms with Gasteiger partial charge in [0.25, 0.3) is 0 Å². The summed E-state index contributed by atoms with van der Waals surface area (Å²) < 4.78 is 12.9. The van der Waals surface area contributed by atoms with Crippen LogP contribution in [0.1, 0.15) is 33.0 Å². The van der Waals surface area contributed by atoms with Gasteiger partial charge in [0.2, 0.25) is 0 Å². The van der Waals surface area contributed by atoms with Gasteiger partial charge in [0.15, 0.2) is 5.96 Å². The molecule has 0 aromatic carbocycles. The largest absolute Gasteiger partial charge is 0.382 e. The lowest BCUT2D eigenvalue weighted by Crippen LogP contribution is -2.40. The normalized spacial score (nSPS) is 17.4. The molecule has 2 heterocycles. The van der Waals surface area contributed by atoms with E-state index in [2.05, 4.69) is 40.5 Å². The Morgan fingerprint density at radius 2 is 2.22 bits per heavy atom. The van der Waals surface area contributed by atoms with E-state index < -0.39 is 0 Å². The maximum Gasteiger partial charge on any atom is 0.194 e. The van der Waals surface area contributed by atoms with Gasteiger partial charge < -0.3 is 24.3 Å². The summed E-state index contributed by atoms with van der Waals surface area (Å²) in [7, 11) is 1.70. The highest BCUT2D eigenvalue weighted by molar-refractivity contribution is 14.0. The molecule has 1 aliphatic heterocycles. The minimum Gasteiger partial charge on any atom is -0.382 e. The molecule has 0 radical (unpaired) electrons. The lowest BCUT2D eigenvalue weighted by molar-refractivity contribution is 0.0536. The van der Waals surface area contributed by atoms with Gasteiger partial charge in [0.1, 0.15) is 12.4 Å². The van der Waals surface area contributed by atoms with E-state index in [4.69, 9.17) is 14.5 Å². The predicted octanol–water partition coefficient (Wildman–Crippen LogP) is 2.61. The summed E-state index contributed by atoms with van der Waals surface area (Å²) in [5.41, 5.74) is 0. The highest BCUT2D eigenvalue weighted by atomic mass is 127. The van der Waals surface area contributed by atoms with Crippen molar-refractivity contribution in [3.05, 3.63) is 18.2 Å². The van der Waals surface area contributed by atoms with Gasteiger partial charge in [-0.05, 0) is 19.3 Å². The molecule has 1 fully saturated rings. The second kappa shape index (κ2) is 13.3. The summed E-state index contributed by atoms with van der Waals surface area (Å²) in [5.74, 6) is 3.15. The second-order valence-electron chi connectivity index (χ2n) is 7.23. The molecule has 1 aliphatic rings. The quantitative estimate of drug-likeness (QED) is 0.235. The number of nitrogens with one attached hydrogen (secondary N) is 1. The molecular formula is C19H36IN5O2. The molecule has 0 spiro atoms. The van der Waals surface area contributed by atoms with Crippen LogP contribution in [0.2, 0.25) is 0 Å². The molecule has 0 aliphatic carbocycles. The van der Waals surface area contributed by atoms with Crippen LogP contribution in [-0.4, -0.2) is 67.0 Å². The zero-order chi connectivity index (χ0) is 18.8. The first kappa shape index (κ1) is 24.2. The SMILES string of the molecule is CCNC(=NCc1nccn1CC(C)C)N1CCC(COCCOC)C1.I. The van der Waals surface area contributed by atoms with Gasteiger partial charge in [-0.15, -0.1) is 24.0 Å². The number of ether oxygens (including phenoxy) is 2. The van der Waals surface area contributed by atoms with Gasteiger partial charge in [0.05, 0.1) is 19.8 Å². The van der Waals surface area contributed by atoms with E-state index in [9.17, 15) is 0 Å². The topological polar surface area (TPSA) is 63.9 Å². The van der Waals surface area contributed by atoms with Crippen LogP contribution in [0.3, 0.4) is 0 Å². The van der Waals surface area contributed by atoms with Crippen LogP contribution < -0.4 is 5.32 Å². The van der Waals surface area contributed by atoms with Gasteiger partial charge >= 0.3 is 0 Å². The van der Waals surface area contributed by atoms with Crippen LogP contribution in [0, 0.1) is 11.8 Å². The van der Waals surface area contributed by atoms with Crippen LogP contribution in [0.5, 0.6) is 0 Å². The monoisotopic (exact) mass is 493 g/mol. The van der Waals surface area contributed by atoms with Crippen molar-refractivity contribution in [2.45, 2.75) is 40.3 Å². The number of hydrogen-bond acceptors (Lipinski definition) is 4. The average Bonchev–Trinajstić information content (AvgIpc) is 3.25. The minimum absolute atomic E-state index is 0. The van der Waals surface area contributed by atoms with Gasteiger partial charge in [-0.25, -0.2) is 9.98 Å². The second-order valence-corrected chi connectivity index (χ2v) is 7.23. The van der Waals surface area contributed by atoms with Crippen molar-refractivity contribution in [1.82, 2.24) is 19.8 Å².